The van der Waals surface area contributed by atoms with Gasteiger partial charge in [-0.2, -0.15) is 0 Å². The van der Waals surface area contributed by atoms with Crippen LogP contribution in [0.3, 0.4) is 0 Å². The van der Waals surface area contributed by atoms with Crippen molar-refractivity contribution in [3.8, 4) is 0 Å². The van der Waals surface area contributed by atoms with Crippen LogP contribution in [0.5, 0.6) is 0 Å². The molecular weight excluding hydrogens is 497 g/mol. The van der Waals surface area contributed by atoms with Gasteiger partial charge in [0, 0.05) is 13.1 Å². The van der Waals surface area contributed by atoms with Gasteiger partial charge in [0.25, 0.3) is 0 Å². The van der Waals surface area contributed by atoms with Gasteiger partial charge in [-0.05, 0) is 43.5 Å². The summed E-state index contributed by atoms with van der Waals surface area (Å²) in [6, 6.07) is 11.2. The third-order valence-electron chi connectivity index (χ3n) is 5.28. The Kier molecular flexibility index (Phi) is 10.2. The highest BCUT2D eigenvalue weighted by Gasteiger charge is 2.31. The van der Waals surface area contributed by atoms with E-state index in [0.29, 0.717) is 13.0 Å². The van der Waals surface area contributed by atoms with Crippen LogP contribution in [0.15, 0.2) is 42.5 Å². The number of amides is 2. The second-order valence-corrected chi connectivity index (χ2v) is 10.8. The van der Waals surface area contributed by atoms with E-state index < -0.39 is 28.5 Å². The quantitative estimate of drug-likeness (QED) is 0.469. The van der Waals surface area contributed by atoms with Crippen LogP contribution in [0.25, 0.3) is 0 Å². The van der Waals surface area contributed by atoms with Crippen molar-refractivity contribution in [2.75, 3.05) is 23.7 Å². The van der Waals surface area contributed by atoms with Gasteiger partial charge in [0.15, 0.2) is 0 Å². The van der Waals surface area contributed by atoms with E-state index in [2.05, 4.69) is 5.32 Å². The smallest absolute Gasteiger partial charge is 0.244 e. The summed E-state index contributed by atoms with van der Waals surface area (Å²) in [5, 5.41) is 3.28. The summed E-state index contributed by atoms with van der Waals surface area (Å²) in [5.41, 5.74) is 2.11. The molecule has 2 amide bonds. The zero-order chi connectivity index (χ0) is 25.5. The average Bonchev–Trinajstić information content (AvgIpc) is 2.78. The fourth-order valence-electron chi connectivity index (χ4n) is 3.43. The van der Waals surface area contributed by atoms with E-state index >= 15 is 0 Å². The Labute approximate surface area is 212 Å². The summed E-state index contributed by atoms with van der Waals surface area (Å²) >= 11 is 12.1. The number of carbonyl (C=O) groups is 2. The van der Waals surface area contributed by atoms with E-state index in [1.807, 2.05) is 45.0 Å². The summed E-state index contributed by atoms with van der Waals surface area (Å²) in [6.07, 6.45) is 2.14. The van der Waals surface area contributed by atoms with Crippen molar-refractivity contribution in [2.24, 2.45) is 0 Å². The lowest BCUT2D eigenvalue weighted by Gasteiger charge is -2.33. The van der Waals surface area contributed by atoms with Crippen molar-refractivity contribution in [3.63, 3.8) is 0 Å². The van der Waals surface area contributed by atoms with Gasteiger partial charge in [-0.1, -0.05) is 66.9 Å². The largest absolute Gasteiger partial charge is 0.354 e. The molecule has 0 fully saturated rings. The summed E-state index contributed by atoms with van der Waals surface area (Å²) in [7, 11) is -3.84. The number of hydrogen-bond acceptors (Lipinski definition) is 4. The Morgan fingerprint density at radius 3 is 2.21 bits per heavy atom. The van der Waals surface area contributed by atoms with E-state index in [1.165, 1.54) is 23.1 Å². The Balaban J connectivity index is 2.43. The fourth-order valence-corrected chi connectivity index (χ4v) is 4.56. The minimum absolute atomic E-state index is 0.163. The highest BCUT2D eigenvalue weighted by atomic mass is 35.5. The molecule has 0 aliphatic rings. The number of aryl methyl sites for hydroxylation is 1. The SMILES string of the molecule is CCCNC(=O)[C@@H](CC)N(Cc1ccc(C)cc1)C(=O)CN(c1ccc(Cl)c(Cl)c1)S(C)(=O)=O. The van der Waals surface area contributed by atoms with Gasteiger partial charge in [0.2, 0.25) is 21.8 Å². The molecule has 0 saturated heterocycles. The summed E-state index contributed by atoms with van der Waals surface area (Å²) in [6.45, 7) is 5.88. The fraction of sp³-hybridized carbons (Fsp3) is 0.417. The molecule has 186 valence electrons. The van der Waals surface area contributed by atoms with Crippen molar-refractivity contribution >= 4 is 50.7 Å². The number of nitrogens with one attached hydrogen (secondary N) is 1. The van der Waals surface area contributed by atoms with Crippen LogP contribution >= 0.6 is 23.2 Å². The van der Waals surface area contributed by atoms with Gasteiger partial charge >= 0.3 is 0 Å². The van der Waals surface area contributed by atoms with Crippen LogP contribution in [-0.2, 0) is 26.2 Å². The van der Waals surface area contributed by atoms with Gasteiger partial charge < -0.3 is 10.2 Å². The van der Waals surface area contributed by atoms with Crippen LogP contribution in [-0.4, -0.2) is 50.5 Å². The van der Waals surface area contributed by atoms with Crippen molar-refractivity contribution in [1.29, 1.82) is 0 Å². The van der Waals surface area contributed by atoms with Gasteiger partial charge in [0.1, 0.15) is 12.6 Å². The van der Waals surface area contributed by atoms with E-state index in [-0.39, 0.29) is 28.2 Å². The van der Waals surface area contributed by atoms with Crippen molar-refractivity contribution in [3.05, 3.63) is 63.6 Å². The van der Waals surface area contributed by atoms with E-state index in [9.17, 15) is 18.0 Å². The number of carbonyl (C=O) groups excluding carboxylic acids is 2. The number of rotatable bonds is 11. The number of anilines is 1. The first-order valence-corrected chi connectivity index (χ1v) is 13.6. The normalized spacial score (nSPS) is 12.2. The maximum atomic E-state index is 13.6. The van der Waals surface area contributed by atoms with Crippen molar-refractivity contribution in [1.82, 2.24) is 10.2 Å². The maximum absolute atomic E-state index is 13.6. The Hall–Kier alpha value is -2.29. The van der Waals surface area contributed by atoms with Crippen molar-refractivity contribution in [2.45, 2.75) is 46.2 Å². The number of benzene rings is 2. The topological polar surface area (TPSA) is 86.8 Å². The van der Waals surface area contributed by atoms with Crippen LogP contribution in [0.1, 0.15) is 37.8 Å². The molecule has 2 rings (SSSR count). The average molecular weight is 529 g/mol. The molecule has 0 heterocycles. The third-order valence-corrected chi connectivity index (χ3v) is 7.16. The molecule has 0 bridgehead atoms. The van der Waals surface area contributed by atoms with E-state index in [4.69, 9.17) is 23.2 Å². The van der Waals surface area contributed by atoms with Gasteiger partial charge in [-0.15, -0.1) is 0 Å². The summed E-state index contributed by atoms with van der Waals surface area (Å²) in [4.78, 5) is 27.9. The molecule has 1 N–H and O–H groups in total. The first-order chi connectivity index (χ1) is 16.0. The van der Waals surface area contributed by atoms with Gasteiger partial charge in [-0.25, -0.2) is 8.42 Å². The number of halogens is 2. The van der Waals surface area contributed by atoms with Gasteiger partial charge in [0.05, 0.1) is 22.0 Å². The molecule has 34 heavy (non-hydrogen) atoms. The minimum atomic E-state index is -3.84. The lowest BCUT2D eigenvalue weighted by molar-refractivity contribution is -0.140. The number of sulfonamides is 1. The predicted octanol–water partition coefficient (Wildman–Crippen LogP) is 4.40. The van der Waals surface area contributed by atoms with Crippen LogP contribution < -0.4 is 9.62 Å². The molecule has 0 unspecified atom stereocenters. The first kappa shape index (κ1) is 28.0. The molecule has 10 heteroatoms. The van der Waals surface area contributed by atoms with Crippen LogP contribution in [0, 0.1) is 6.92 Å². The van der Waals surface area contributed by atoms with E-state index in [0.717, 1.165) is 28.1 Å². The van der Waals surface area contributed by atoms with Crippen molar-refractivity contribution < 1.29 is 18.0 Å². The second kappa shape index (κ2) is 12.4. The monoisotopic (exact) mass is 527 g/mol. The molecule has 2 aromatic carbocycles. The first-order valence-electron chi connectivity index (χ1n) is 11.0. The Morgan fingerprint density at radius 1 is 1.03 bits per heavy atom. The van der Waals surface area contributed by atoms with Gasteiger partial charge in [-0.3, -0.25) is 13.9 Å². The molecule has 0 spiro atoms. The maximum Gasteiger partial charge on any atom is 0.244 e. The highest BCUT2D eigenvalue weighted by molar-refractivity contribution is 7.92. The molecule has 0 radical (unpaired) electrons. The standard InChI is InChI=1S/C24H31Cl2N3O4S/c1-5-13-27-24(31)22(6-2)28(15-18-9-7-17(3)8-10-18)23(30)16-29(34(4,32)33)19-11-12-20(25)21(26)14-19/h7-12,14,22H,5-6,13,15-16H2,1-4H3,(H,27,31)/t22-/m1/s1. The predicted molar refractivity (Wildman–Crippen MR) is 138 cm³/mol. The Morgan fingerprint density at radius 2 is 1.68 bits per heavy atom. The van der Waals surface area contributed by atoms with Crippen LogP contribution in [0.4, 0.5) is 5.69 Å². The molecule has 1 atom stereocenters. The highest BCUT2D eigenvalue weighted by Crippen LogP contribution is 2.28. The molecule has 0 aromatic heterocycles. The zero-order valence-electron chi connectivity index (χ0n) is 19.8. The van der Waals surface area contributed by atoms with Crippen LogP contribution in [0.2, 0.25) is 10.0 Å². The zero-order valence-corrected chi connectivity index (χ0v) is 22.2. The molecule has 0 aliphatic carbocycles. The number of hydrogen-bond donors (Lipinski definition) is 1. The lowest BCUT2D eigenvalue weighted by Crippen LogP contribution is -2.52. The molecule has 0 aliphatic heterocycles. The summed E-state index contributed by atoms with van der Waals surface area (Å²) < 4.78 is 26.2. The molecule has 7 nitrogen and oxygen atoms in total. The third kappa shape index (κ3) is 7.61. The molecule has 0 saturated carbocycles. The Bertz CT molecular complexity index is 1110. The summed E-state index contributed by atoms with van der Waals surface area (Å²) in [5.74, 6) is -0.777. The molecule has 2 aromatic rings. The molecular formula is C24H31Cl2N3O4S. The lowest BCUT2D eigenvalue weighted by atomic mass is 10.1. The minimum Gasteiger partial charge on any atom is -0.354 e. The number of nitrogens with zero attached hydrogens (tertiary/aromatic N) is 2. The second-order valence-electron chi connectivity index (χ2n) is 8.09. The van der Waals surface area contributed by atoms with E-state index in [1.54, 1.807) is 0 Å².